The van der Waals surface area contributed by atoms with Gasteiger partial charge in [-0.3, -0.25) is 0 Å². The highest BCUT2D eigenvalue weighted by Crippen LogP contribution is 2.32. The van der Waals surface area contributed by atoms with Crippen molar-refractivity contribution in [1.29, 1.82) is 0 Å². The maximum atomic E-state index is 13.6. The molecule has 0 saturated heterocycles. The van der Waals surface area contributed by atoms with E-state index in [-0.39, 0.29) is 5.92 Å². The largest absolute Gasteiger partial charge is 0.356 e. The number of benzene rings is 2. The van der Waals surface area contributed by atoms with Gasteiger partial charge in [0, 0.05) is 24.7 Å². The van der Waals surface area contributed by atoms with Crippen molar-refractivity contribution in [3.8, 4) is 11.3 Å². The SMILES string of the molecule is CCN(Cc1ccccc1)S(=O)(=O)c1cc(-c2cc(C)no2)ccc1C(C)C. The molecule has 0 saturated carbocycles. The highest BCUT2D eigenvalue weighted by Gasteiger charge is 2.28. The summed E-state index contributed by atoms with van der Waals surface area (Å²) in [6.07, 6.45) is 0. The number of sulfonamides is 1. The fourth-order valence-corrected chi connectivity index (χ4v) is 5.00. The standard InChI is InChI=1S/C22H26N2O3S/c1-5-24(15-18-9-7-6-8-10-18)28(25,26)22-14-19(11-12-20(22)16(2)3)21-13-17(4)23-27-21/h6-14,16H,5,15H2,1-4H3. The molecule has 0 unspecified atom stereocenters. The molecule has 3 rings (SSSR count). The van der Waals surface area contributed by atoms with E-state index in [4.69, 9.17) is 4.52 Å². The first kappa shape index (κ1) is 20.3. The molecule has 0 radical (unpaired) electrons. The number of aryl methyl sites for hydroxylation is 1. The maximum Gasteiger partial charge on any atom is 0.243 e. The second kappa shape index (κ2) is 8.29. The maximum absolute atomic E-state index is 13.6. The van der Waals surface area contributed by atoms with Gasteiger partial charge >= 0.3 is 0 Å². The third-order valence-electron chi connectivity index (χ3n) is 4.72. The zero-order valence-electron chi connectivity index (χ0n) is 16.7. The zero-order valence-corrected chi connectivity index (χ0v) is 17.5. The fraction of sp³-hybridized carbons (Fsp3) is 0.318. The number of nitrogens with zero attached hydrogens (tertiary/aromatic N) is 2. The highest BCUT2D eigenvalue weighted by molar-refractivity contribution is 7.89. The van der Waals surface area contributed by atoms with Gasteiger partial charge < -0.3 is 4.52 Å². The fourth-order valence-electron chi connectivity index (χ4n) is 3.18. The first-order valence-electron chi connectivity index (χ1n) is 9.44. The summed E-state index contributed by atoms with van der Waals surface area (Å²) in [5.41, 5.74) is 3.22. The van der Waals surface area contributed by atoms with Crippen LogP contribution in [-0.4, -0.2) is 24.4 Å². The lowest BCUT2D eigenvalue weighted by Gasteiger charge is -2.23. The van der Waals surface area contributed by atoms with Gasteiger partial charge in [0.1, 0.15) is 0 Å². The minimum Gasteiger partial charge on any atom is -0.356 e. The summed E-state index contributed by atoms with van der Waals surface area (Å²) in [5, 5.41) is 3.91. The molecule has 1 aromatic heterocycles. The van der Waals surface area contributed by atoms with Crippen molar-refractivity contribution in [1.82, 2.24) is 9.46 Å². The molecule has 0 atom stereocenters. The molecule has 0 aliphatic carbocycles. The second-order valence-electron chi connectivity index (χ2n) is 7.16. The predicted octanol–water partition coefficient (Wildman–Crippen LogP) is 4.98. The van der Waals surface area contributed by atoms with E-state index in [1.165, 1.54) is 4.31 Å². The Labute approximate surface area is 167 Å². The molecule has 5 nitrogen and oxygen atoms in total. The van der Waals surface area contributed by atoms with Crippen molar-refractivity contribution in [2.24, 2.45) is 0 Å². The van der Waals surface area contributed by atoms with Crippen LogP contribution < -0.4 is 0 Å². The molecule has 6 heteroatoms. The molecule has 1 heterocycles. The van der Waals surface area contributed by atoms with Gasteiger partial charge in [0.25, 0.3) is 0 Å². The molecule has 0 amide bonds. The van der Waals surface area contributed by atoms with Crippen molar-refractivity contribution < 1.29 is 12.9 Å². The number of aromatic nitrogens is 1. The third kappa shape index (κ3) is 4.18. The Balaban J connectivity index is 2.07. The van der Waals surface area contributed by atoms with Gasteiger partial charge in [0.2, 0.25) is 10.0 Å². The van der Waals surface area contributed by atoms with Gasteiger partial charge in [0.05, 0.1) is 10.6 Å². The zero-order chi connectivity index (χ0) is 20.3. The van der Waals surface area contributed by atoms with Crippen LogP contribution in [0.3, 0.4) is 0 Å². The van der Waals surface area contributed by atoms with Crippen LogP contribution in [0.2, 0.25) is 0 Å². The van der Waals surface area contributed by atoms with Crippen LogP contribution in [0, 0.1) is 6.92 Å². The van der Waals surface area contributed by atoms with E-state index >= 15 is 0 Å². The minimum absolute atomic E-state index is 0.0747. The summed E-state index contributed by atoms with van der Waals surface area (Å²) in [6.45, 7) is 8.43. The summed E-state index contributed by atoms with van der Waals surface area (Å²) in [4.78, 5) is 0.326. The average Bonchev–Trinajstić information content (AvgIpc) is 3.12. The lowest BCUT2D eigenvalue weighted by Crippen LogP contribution is -2.31. The van der Waals surface area contributed by atoms with E-state index in [0.29, 0.717) is 29.3 Å². The third-order valence-corrected chi connectivity index (χ3v) is 6.70. The molecule has 0 aliphatic heterocycles. The van der Waals surface area contributed by atoms with E-state index in [2.05, 4.69) is 5.16 Å². The van der Waals surface area contributed by atoms with E-state index in [0.717, 1.165) is 16.8 Å². The monoisotopic (exact) mass is 398 g/mol. The molecule has 148 valence electrons. The van der Waals surface area contributed by atoms with Crippen molar-refractivity contribution in [2.75, 3.05) is 6.54 Å². The normalized spacial score (nSPS) is 12.1. The van der Waals surface area contributed by atoms with E-state index in [1.807, 2.05) is 76.2 Å². The highest BCUT2D eigenvalue weighted by atomic mass is 32.2. The molecular formula is C22H26N2O3S. The lowest BCUT2D eigenvalue weighted by molar-refractivity contribution is 0.422. The Morgan fingerprint density at radius 2 is 1.79 bits per heavy atom. The van der Waals surface area contributed by atoms with Crippen molar-refractivity contribution in [3.63, 3.8) is 0 Å². The van der Waals surface area contributed by atoms with Gasteiger partial charge in [-0.05, 0) is 30.0 Å². The van der Waals surface area contributed by atoms with Crippen LogP contribution in [-0.2, 0) is 16.6 Å². The second-order valence-corrected chi connectivity index (χ2v) is 9.06. The molecule has 0 bridgehead atoms. The molecule has 3 aromatic rings. The minimum atomic E-state index is -3.68. The summed E-state index contributed by atoms with van der Waals surface area (Å²) in [7, 11) is -3.68. The molecule has 0 N–H and O–H groups in total. The average molecular weight is 399 g/mol. The van der Waals surface area contributed by atoms with Crippen LogP contribution in [0.1, 0.15) is 43.5 Å². The van der Waals surface area contributed by atoms with E-state index in [1.54, 1.807) is 6.07 Å². The summed E-state index contributed by atoms with van der Waals surface area (Å²) in [6, 6.07) is 16.9. The first-order valence-corrected chi connectivity index (χ1v) is 10.9. The molecular weight excluding hydrogens is 372 g/mol. The van der Waals surface area contributed by atoms with Crippen LogP contribution in [0.25, 0.3) is 11.3 Å². The Morgan fingerprint density at radius 3 is 2.36 bits per heavy atom. The lowest BCUT2D eigenvalue weighted by atomic mass is 10.0. The van der Waals surface area contributed by atoms with Gasteiger partial charge in [-0.2, -0.15) is 4.31 Å². The van der Waals surface area contributed by atoms with Crippen LogP contribution in [0.5, 0.6) is 0 Å². The van der Waals surface area contributed by atoms with Gasteiger partial charge in [0.15, 0.2) is 5.76 Å². The van der Waals surface area contributed by atoms with Gasteiger partial charge in [-0.25, -0.2) is 8.42 Å². The summed E-state index contributed by atoms with van der Waals surface area (Å²) < 4.78 is 34.0. The molecule has 28 heavy (non-hydrogen) atoms. The van der Waals surface area contributed by atoms with Crippen LogP contribution >= 0.6 is 0 Å². The Kier molecular flexibility index (Phi) is 6.01. The summed E-state index contributed by atoms with van der Waals surface area (Å²) >= 11 is 0. The van der Waals surface area contributed by atoms with Crippen LogP contribution in [0.4, 0.5) is 0 Å². The summed E-state index contributed by atoms with van der Waals surface area (Å²) in [5.74, 6) is 0.640. The molecule has 0 spiro atoms. The molecule has 0 aliphatic rings. The van der Waals surface area contributed by atoms with Crippen molar-refractivity contribution in [2.45, 2.75) is 45.1 Å². The quantitative estimate of drug-likeness (QED) is 0.563. The number of rotatable bonds is 7. The van der Waals surface area contributed by atoms with Gasteiger partial charge in [-0.1, -0.05) is 68.4 Å². The first-order chi connectivity index (χ1) is 13.3. The Morgan fingerprint density at radius 1 is 1.07 bits per heavy atom. The molecule has 2 aromatic carbocycles. The Hall–Kier alpha value is -2.44. The van der Waals surface area contributed by atoms with Gasteiger partial charge in [-0.15, -0.1) is 0 Å². The number of hydrogen-bond donors (Lipinski definition) is 0. The van der Waals surface area contributed by atoms with E-state index < -0.39 is 10.0 Å². The molecule has 0 fully saturated rings. The van der Waals surface area contributed by atoms with Crippen molar-refractivity contribution in [3.05, 3.63) is 71.4 Å². The number of hydrogen-bond acceptors (Lipinski definition) is 4. The van der Waals surface area contributed by atoms with E-state index in [9.17, 15) is 8.42 Å². The van der Waals surface area contributed by atoms with Crippen LogP contribution in [0.15, 0.2) is 64.0 Å². The predicted molar refractivity (Wildman–Crippen MR) is 110 cm³/mol. The van der Waals surface area contributed by atoms with Crippen molar-refractivity contribution >= 4 is 10.0 Å². The Bertz CT molecular complexity index is 1040. The topological polar surface area (TPSA) is 63.4 Å². The smallest absolute Gasteiger partial charge is 0.243 e.